The third-order valence-corrected chi connectivity index (χ3v) is 1.67. The molecule has 0 radical (unpaired) electrons. The summed E-state index contributed by atoms with van der Waals surface area (Å²) in [5.41, 5.74) is 1.11. The summed E-state index contributed by atoms with van der Waals surface area (Å²) in [4.78, 5) is 0. The second-order valence-electron chi connectivity index (χ2n) is 1.84. The lowest BCUT2D eigenvalue weighted by Crippen LogP contribution is -1.70. The number of halogens is 1. The topological polar surface area (TPSA) is 32.6 Å². The van der Waals surface area contributed by atoms with Crippen LogP contribution in [0.5, 0.6) is 0 Å². The van der Waals surface area contributed by atoms with Crippen LogP contribution in [-0.4, -0.2) is 11.4 Å². The van der Waals surface area contributed by atoms with E-state index < -0.39 is 0 Å². The normalized spacial score (nSPS) is 14.7. The average molecular weight is 204 g/mol. The fourth-order valence-electron chi connectivity index (χ4n) is 0.341. The van der Waals surface area contributed by atoms with Gasteiger partial charge in [-0.2, -0.15) is 0 Å². The van der Waals surface area contributed by atoms with Crippen LogP contribution in [0.25, 0.3) is 0 Å². The Morgan fingerprint density at radius 3 is 2.50 bits per heavy atom. The second-order valence-corrected chi connectivity index (χ2v) is 3.03. The van der Waals surface area contributed by atoms with Crippen molar-refractivity contribution < 1.29 is 5.21 Å². The van der Waals surface area contributed by atoms with Crippen LogP contribution in [-0.2, 0) is 0 Å². The average Bonchev–Trinajstić information content (AvgIpc) is 1.88. The molecule has 0 aliphatic rings. The molecule has 0 spiro atoms. The third kappa shape index (κ3) is 4.32. The van der Waals surface area contributed by atoms with Gasteiger partial charge in [0.25, 0.3) is 0 Å². The molecule has 10 heavy (non-hydrogen) atoms. The van der Waals surface area contributed by atoms with Gasteiger partial charge in [0.2, 0.25) is 0 Å². The number of hydrogen-bond acceptors (Lipinski definition) is 2. The lowest BCUT2D eigenvalue weighted by Gasteiger charge is -1.90. The van der Waals surface area contributed by atoms with Crippen LogP contribution in [0.4, 0.5) is 0 Å². The highest BCUT2D eigenvalue weighted by molar-refractivity contribution is 9.11. The maximum atomic E-state index is 8.01. The molecule has 0 saturated carbocycles. The van der Waals surface area contributed by atoms with Gasteiger partial charge in [-0.3, -0.25) is 0 Å². The van der Waals surface area contributed by atoms with Crippen molar-refractivity contribution >= 4 is 22.1 Å². The smallest absolute Gasteiger partial charge is 0.0661 e. The van der Waals surface area contributed by atoms with E-state index in [4.69, 9.17) is 5.21 Å². The van der Waals surface area contributed by atoms with Crippen LogP contribution < -0.4 is 0 Å². The lowest BCUT2D eigenvalue weighted by atomic mass is 10.3. The minimum absolute atomic E-state index is 1.08. The molecule has 0 aliphatic carbocycles. The third-order valence-electron chi connectivity index (χ3n) is 1.04. The van der Waals surface area contributed by atoms with Gasteiger partial charge in [-0.15, -0.1) is 0 Å². The Bertz CT molecular complexity index is 178. The van der Waals surface area contributed by atoms with Gasteiger partial charge in [-0.25, -0.2) is 0 Å². The fraction of sp³-hybridized carbons (Fsp3) is 0.286. The second kappa shape index (κ2) is 5.23. The Morgan fingerprint density at radius 2 is 2.10 bits per heavy atom. The molecule has 0 heterocycles. The SMILES string of the molecule is C\C(Br)=C(C)/C=C\C=N\O. The lowest BCUT2D eigenvalue weighted by molar-refractivity contribution is 0.322. The van der Waals surface area contributed by atoms with Crippen molar-refractivity contribution in [2.24, 2.45) is 5.16 Å². The summed E-state index contributed by atoms with van der Waals surface area (Å²) < 4.78 is 1.08. The summed E-state index contributed by atoms with van der Waals surface area (Å²) in [6, 6.07) is 0. The van der Waals surface area contributed by atoms with Crippen molar-refractivity contribution in [3.8, 4) is 0 Å². The first-order chi connectivity index (χ1) is 4.68. The van der Waals surface area contributed by atoms with E-state index in [1.807, 2.05) is 19.9 Å². The molecular formula is C7H10BrNO. The molecule has 56 valence electrons. The van der Waals surface area contributed by atoms with Gasteiger partial charge in [-0.05, 0) is 30.0 Å². The van der Waals surface area contributed by atoms with Crippen molar-refractivity contribution in [3.63, 3.8) is 0 Å². The number of oxime groups is 1. The molecule has 0 amide bonds. The molecule has 1 N–H and O–H groups in total. The summed E-state index contributed by atoms with van der Waals surface area (Å²) >= 11 is 3.31. The Balaban J connectivity index is 4.03. The van der Waals surface area contributed by atoms with Gasteiger partial charge >= 0.3 is 0 Å². The van der Waals surface area contributed by atoms with Crippen LogP contribution in [0.2, 0.25) is 0 Å². The van der Waals surface area contributed by atoms with Crippen LogP contribution in [0.15, 0.2) is 27.4 Å². The van der Waals surface area contributed by atoms with Gasteiger partial charge < -0.3 is 5.21 Å². The van der Waals surface area contributed by atoms with Crippen molar-refractivity contribution in [2.45, 2.75) is 13.8 Å². The zero-order valence-electron chi connectivity index (χ0n) is 6.00. The molecule has 3 heteroatoms. The number of rotatable bonds is 2. The van der Waals surface area contributed by atoms with E-state index in [0.717, 1.165) is 10.1 Å². The van der Waals surface area contributed by atoms with E-state index in [-0.39, 0.29) is 0 Å². The highest BCUT2D eigenvalue weighted by atomic mass is 79.9. The highest BCUT2D eigenvalue weighted by Crippen LogP contribution is 2.10. The van der Waals surface area contributed by atoms with Crippen LogP contribution in [0.1, 0.15) is 13.8 Å². The Hall–Kier alpha value is -0.570. The number of nitrogens with zero attached hydrogens (tertiary/aromatic N) is 1. The molecule has 0 unspecified atom stereocenters. The molecule has 0 bridgehead atoms. The van der Waals surface area contributed by atoms with Gasteiger partial charge in [-0.1, -0.05) is 27.2 Å². The minimum atomic E-state index is 1.08. The minimum Gasteiger partial charge on any atom is -0.411 e. The van der Waals surface area contributed by atoms with E-state index in [0.29, 0.717) is 0 Å². The zero-order chi connectivity index (χ0) is 7.98. The number of hydrogen-bond donors (Lipinski definition) is 1. The molecular weight excluding hydrogens is 194 g/mol. The molecule has 0 fully saturated rings. The molecule has 0 saturated heterocycles. The maximum absolute atomic E-state index is 8.01. The first-order valence-electron chi connectivity index (χ1n) is 2.85. The Morgan fingerprint density at radius 1 is 1.50 bits per heavy atom. The summed E-state index contributed by atoms with van der Waals surface area (Å²) in [5, 5.41) is 10.8. The highest BCUT2D eigenvalue weighted by Gasteiger charge is 1.83. The van der Waals surface area contributed by atoms with Crippen LogP contribution in [0, 0.1) is 0 Å². The predicted molar refractivity (Wildman–Crippen MR) is 46.7 cm³/mol. The molecule has 0 rings (SSSR count). The molecule has 0 aromatic carbocycles. The standard InChI is InChI=1S/C7H10BrNO/c1-6(7(2)8)4-3-5-9-10/h3-5,10H,1-2H3/b4-3-,7-6+,9-5+. The van der Waals surface area contributed by atoms with Crippen LogP contribution in [0.3, 0.4) is 0 Å². The molecule has 0 aromatic rings. The van der Waals surface area contributed by atoms with Crippen molar-refractivity contribution in [1.82, 2.24) is 0 Å². The van der Waals surface area contributed by atoms with Crippen molar-refractivity contribution in [1.29, 1.82) is 0 Å². The van der Waals surface area contributed by atoms with Crippen molar-refractivity contribution in [2.75, 3.05) is 0 Å². The summed E-state index contributed by atoms with van der Waals surface area (Å²) in [7, 11) is 0. The quantitative estimate of drug-likeness (QED) is 0.319. The van der Waals surface area contributed by atoms with E-state index in [2.05, 4.69) is 21.1 Å². The van der Waals surface area contributed by atoms with Gasteiger partial charge in [0.05, 0.1) is 6.21 Å². The van der Waals surface area contributed by atoms with Gasteiger partial charge in [0, 0.05) is 0 Å². The van der Waals surface area contributed by atoms with Crippen LogP contribution >= 0.6 is 15.9 Å². The molecule has 0 aromatic heterocycles. The van der Waals surface area contributed by atoms with E-state index in [1.165, 1.54) is 6.21 Å². The Labute approximate surface area is 69.1 Å². The van der Waals surface area contributed by atoms with E-state index in [1.54, 1.807) is 6.08 Å². The first-order valence-corrected chi connectivity index (χ1v) is 3.65. The summed E-state index contributed by atoms with van der Waals surface area (Å²) in [5.74, 6) is 0. The Kier molecular flexibility index (Phi) is 4.94. The largest absolute Gasteiger partial charge is 0.411 e. The van der Waals surface area contributed by atoms with Gasteiger partial charge in [0.1, 0.15) is 0 Å². The van der Waals surface area contributed by atoms with E-state index in [9.17, 15) is 0 Å². The molecule has 0 atom stereocenters. The first kappa shape index (κ1) is 9.43. The fourth-order valence-corrected chi connectivity index (χ4v) is 0.473. The molecule has 0 aliphatic heterocycles. The zero-order valence-corrected chi connectivity index (χ0v) is 7.59. The van der Waals surface area contributed by atoms with Crippen molar-refractivity contribution in [3.05, 3.63) is 22.2 Å². The molecule has 2 nitrogen and oxygen atoms in total. The van der Waals surface area contributed by atoms with Gasteiger partial charge in [0.15, 0.2) is 0 Å². The maximum Gasteiger partial charge on any atom is 0.0661 e. The van der Waals surface area contributed by atoms with E-state index >= 15 is 0 Å². The predicted octanol–water partition coefficient (Wildman–Crippen LogP) is 2.69. The monoisotopic (exact) mass is 203 g/mol. The summed E-state index contributed by atoms with van der Waals surface area (Å²) in [6.45, 7) is 3.92. The summed E-state index contributed by atoms with van der Waals surface area (Å²) in [6.07, 6.45) is 4.84. The number of allylic oxidation sites excluding steroid dienone is 4.